The lowest BCUT2D eigenvalue weighted by Gasteiger charge is -2.25. The smallest absolute Gasteiger partial charge is 0.296 e. The van der Waals surface area contributed by atoms with E-state index in [2.05, 4.69) is 22.5 Å². The molecular formula is C6H14N4O2S2. The summed E-state index contributed by atoms with van der Waals surface area (Å²) in [6.07, 6.45) is 2.87. The quantitative estimate of drug-likeness (QED) is 0.436. The molecule has 0 unspecified atom stereocenters. The molecule has 1 rings (SSSR count). The fraction of sp³-hybridized carbons (Fsp3) is 0.833. The standard InChI is InChI=1S/C6H14N4O2S2/c7-6(13)8-9-14(11,12)10-4-2-1-3-5-10/h9H,1-5H2,(H3,7,8,13). The van der Waals surface area contributed by atoms with Gasteiger partial charge in [-0.05, 0) is 25.1 Å². The van der Waals surface area contributed by atoms with E-state index in [9.17, 15) is 8.42 Å². The second-order valence-electron chi connectivity index (χ2n) is 3.06. The van der Waals surface area contributed by atoms with Gasteiger partial charge in [0.05, 0.1) is 0 Å². The molecule has 0 aliphatic carbocycles. The molecule has 1 heterocycles. The molecule has 4 N–H and O–H groups in total. The summed E-state index contributed by atoms with van der Waals surface area (Å²) in [5.74, 6) is 0. The Morgan fingerprint density at radius 2 is 1.86 bits per heavy atom. The lowest BCUT2D eigenvalue weighted by molar-refractivity contribution is 0.340. The molecule has 0 spiro atoms. The van der Waals surface area contributed by atoms with E-state index in [-0.39, 0.29) is 5.11 Å². The molecule has 0 aromatic rings. The molecule has 0 saturated carbocycles. The van der Waals surface area contributed by atoms with Gasteiger partial charge in [0.1, 0.15) is 0 Å². The molecule has 6 nitrogen and oxygen atoms in total. The predicted octanol–water partition coefficient (Wildman–Crippen LogP) is -0.945. The molecule has 0 amide bonds. The van der Waals surface area contributed by atoms with E-state index in [0.29, 0.717) is 13.1 Å². The van der Waals surface area contributed by atoms with Gasteiger partial charge in [0.15, 0.2) is 5.11 Å². The number of hydrogen-bond donors (Lipinski definition) is 3. The molecular weight excluding hydrogens is 224 g/mol. The van der Waals surface area contributed by atoms with Crippen molar-refractivity contribution >= 4 is 27.5 Å². The Bertz CT molecular complexity index is 297. The van der Waals surface area contributed by atoms with Gasteiger partial charge in [0.2, 0.25) is 0 Å². The molecule has 8 heteroatoms. The maximum Gasteiger partial charge on any atom is 0.296 e. The zero-order valence-electron chi connectivity index (χ0n) is 7.69. The Balaban J connectivity index is 2.50. The van der Waals surface area contributed by atoms with E-state index in [1.165, 1.54) is 4.31 Å². The van der Waals surface area contributed by atoms with Crippen LogP contribution in [0.2, 0.25) is 0 Å². The highest BCUT2D eigenvalue weighted by Crippen LogP contribution is 2.10. The number of piperidine rings is 1. The highest BCUT2D eigenvalue weighted by atomic mass is 32.2. The molecule has 1 aliphatic rings. The van der Waals surface area contributed by atoms with Crippen LogP contribution in [0, 0.1) is 0 Å². The van der Waals surface area contributed by atoms with Gasteiger partial charge in [-0.2, -0.15) is 12.7 Å². The number of hydrazine groups is 1. The number of rotatable bonds is 3. The summed E-state index contributed by atoms with van der Waals surface area (Å²) in [5, 5.41) is -0.0921. The normalized spacial score (nSPS) is 19.1. The molecule has 0 aromatic carbocycles. The summed E-state index contributed by atoms with van der Waals surface area (Å²) in [4.78, 5) is 2.11. The van der Waals surface area contributed by atoms with Gasteiger partial charge in [-0.3, -0.25) is 5.43 Å². The first-order valence-corrected chi connectivity index (χ1v) is 6.19. The van der Waals surface area contributed by atoms with E-state index < -0.39 is 10.2 Å². The maximum atomic E-state index is 11.5. The second kappa shape index (κ2) is 4.87. The van der Waals surface area contributed by atoms with Crippen LogP contribution in [-0.2, 0) is 10.2 Å². The Morgan fingerprint density at radius 3 is 2.36 bits per heavy atom. The molecule has 1 fully saturated rings. The third-order valence-electron chi connectivity index (χ3n) is 1.96. The third-order valence-corrected chi connectivity index (χ3v) is 3.47. The lowest BCUT2D eigenvalue weighted by atomic mass is 10.2. The van der Waals surface area contributed by atoms with E-state index in [0.717, 1.165) is 19.3 Å². The van der Waals surface area contributed by atoms with Crippen LogP contribution in [0.25, 0.3) is 0 Å². The fourth-order valence-corrected chi connectivity index (χ4v) is 2.51. The molecule has 0 bridgehead atoms. The zero-order valence-corrected chi connectivity index (χ0v) is 9.33. The summed E-state index contributed by atoms with van der Waals surface area (Å²) in [6, 6.07) is 0. The largest absolute Gasteiger partial charge is 0.375 e. The molecule has 1 saturated heterocycles. The van der Waals surface area contributed by atoms with Crippen molar-refractivity contribution in [3.8, 4) is 0 Å². The summed E-state index contributed by atoms with van der Waals surface area (Å²) >= 11 is 4.49. The monoisotopic (exact) mass is 238 g/mol. The minimum atomic E-state index is -3.47. The third kappa shape index (κ3) is 3.37. The Hall–Kier alpha value is -0.440. The van der Waals surface area contributed by atoms with Crippen molar-refractivity contribution < 1.29 is 8.42 Å². The molecule has 0 aromatic heterocycles. The molecule has 0 atom stereocenters. The lowest BCUT2D eigenvalue weighted by Crippen LogP contribution is -2.51. The van der Waals surface area contributed by atoms with Gasteiger partial charge in [0, 0.05) is 13.1 Å². The summed E-state index contributed by atoms with van der Waals surface area (Å²) in [5.41, 5.74) is 7.32. The second-order valence-corrected chi connectivity index (χ2v) is 5.17. The Kier molecular flexibility index (Phi) is 4.05. The zero-order chi connectivity index (χ0) is 10.6. The Morgan fingerprint density at radius 1 is 1.29 bits per heavy atom. The summed E-state index contributed by atoms with van der Waals surface area (Å²) < 4.78 is 24.4. The number of hydrogen-bond acceptors (Lipinski definition) is 3. The van der Waals surface area contributed by atoms with Crippen molar-refractivity contribution in [1.82, 2.24) is 14.6 Å². The van der Waals surface area contributed by atoms with Gasteiger partial charge in [0.25, 0.3) is 10.2 Å². The number of nitrogens with one attached hydrogen (secondary N) is 2. The van der Waals surface area contributed by atoms with E-state index in [4.69, 9.17) is 5.73 Å². The van der Waals surface area contributed by atoms with Gasteiger partial charge in [-0.15, -0.1) is 4.83 Å². The number of nitrogens with two attached hydrogens (primary N) is 1. The molecule has 0 radical (unpaired) electrons. The minimum Gasteiger partial charge on any atom is -0.375 e. The van der Waals surface area contributed by atoms with Crippen molar-refractivity contribution in [3.63, 3.8) is 0 Å². The highest BCUT2D eigenvalue weighted by Gasteiger charge is 2.23. The van der Waals surface area contributed by atoms with Crippen molar-refractivity contribution in [2.75, 3.05) is 13.1 Å². The van der Waals surface area contributed by atoms with Gasteiger partial charge in [-0.25, -0.2) is 0 Å². The predicted molar refractivity (Wildman–Crippen MR) is 57.4 cm³/mol. The van der Waals surface area contributed by atoms with E-state index in [1.54, 1.807) is 0 Å². The van der Waals surface area contributed by atoms with Crippen LogP contribution in [0.3, 0.4) is 0 Å². The van der Waals surface area contributed by atoms with Crippen LogP contribution >= 0.6 is 12.2 Å². The molecule has 14 heavy (non-hydrogen) atoms. The maximum absolute atomic E-state index is 11.5. The van der Waals surface area contributed by atoms with Crippen molar-refractivity contribution in [3.05, 3.63) is 0 Å². The van der Waals surface area contributed by atoms with E-state index in [1.807, 2.05) is 0 Å². The van der Waals surface area contributed by atoms with Crippen LogP contribution in [0.15, 0.2) is 0 Å². The van der Waals surface area contributed by atoms with Crippen molar-refractivity contribution in [1.29, 1.82) is 0 Å². The molecule has 1 aliphatic heterocycles. The van der Waals surface area contributed by atoms with Crippen LogP contribution in [0.5, 0.6) is 0 Å². The number of nitrogens with zero attached hydrogens (tertiary/aromatic N) is 1. The first-order valence-electron chi connectivity index (χ1n) is 4.35. The van der Waals surface area contributed by atoms with Crippen molar-refractivity contribution in [2.24, 2.45) is 5.73 Å². The first-order chi connectivity index (χ1) is 6.52. The average Bonchev–Trinajstić information content (AvgIpc) is 2.16. The summed E-state index contributed by atoms with van der Waals surface area (Å²) in [7, 11) is -3.47. The highest BCUT2D eigenvalue weighted by molar-refractivity contribution is 7.87. The Labute approximate surface area is 89.0 Å². The number of thiocarbonyl (C=S) groups is 1. The van der Waals surface area contributed by atoms with Crippen molar-refractivity contribution in [2.45, 2.75) is 19.3 Å². The average molecular weight is 238 g/mol. The first kappa shape index (κ1) is 11.6. The fourth-order valence-electron chi connectivity index (χ4n) is 1.28. The van der Waals surface area contributed by atoms with E-state index >= 15 is 0 Å². The molecule has 82 valence electrons. The van der Waals surface area contributed by atoms with Crippen LogP contribution in [0.1, 0.15) is 19.3 Å². The van der Waals surface area contributed by atoms with Crippen LogP contribution in [0.4, 0.5) is 0 Å². The minimum absolute atomic E-state index is 0.0921. The van der Waals surface area contributed by atoms with Gasteiger partial charge in [-0.1, -0.05) is 6.42 Å². The topological polar surface area (TPSA) is 87.5 Å². The van der Waals surface area contributed by atoms with Crippen LogP contribution in [-0.4, -0.2) is 30.9 Å². The van der Waals surface area contributed by atoms with Gasteiger partial charge >= 0.3 is 0 Å². The summed E-state index contributed by atoms with van der Waals surface area (Å²) in [6.45, 7) is 1.10. The SMILES string of the molecule is NC(=S)NNS(=O)(=O)N1CCCCC1. The van der Waals surface area contributed by atoms with Gasteiger partial charge < -0.3 is 5.73 Å². The van der Waals surface area contributed by atoms with Crippen LogP contribution < -0.4 is 16.0 Å².